The highest BCUT2D eigenvalue weighted by Gasteiger charge is 2.28. The Morgan fingerprint density at radius 3 is 2.69 bits per heavy atom. The van der Waals surface area contributed by atoms with E-state index in [4.69, 9.17) is 10.5 Å². The van der Waals surface area contributed by atoms with Crippen molar-refractivity contribution in [2.45, 2.75) is 38.8 Å². The number of hydrogen-bond donors (Lipinski definition) is 2. The highest BCUT2D eigenvalue weighted by atomic mass is 32.1. The van der Waals surface area contributed by atoms with Crippen LogP contribution in [0.4, 0.5) is 11.5 Å². The number of carbonyl (C=O) groups is 1. The van der Waals surface area contributed by atoms with Crippen molar-refractivity contribution in [3.8, 4) is 0 Å². The fourth-order valence-electron chi connectivity index (χ4n) is 3.99. The highest BCUT2D eigenvalue weighted by Crippen LogP contribution is 2.32. The van der Waals surface area contributed by atoms with E-state index in [9.17, 15) is 14.4 Å². The summed E-state index contributed by atoms with van der Waals surface area (Å²) in [6, 6.07) is 11.3. The van der Waals surface area contributed by atoms with Crippen LogP contribution in [0, 0.1) is 0 Å². The summed E-state index contributed by atoms with van der Waals surface area (Å²) in [5.74, 6) is -0.358. The molecule has 0 bridgehead atoms. The van der Waals surface area contributed by atoms with Gasteiger partial charge in [-0.3, -0.25) is 24.0 Å². The molecule has 2 heterocycles. The number of anilines is 2. The van der Waals surface area contributed by atoms with Gasteiger partial charge in [0, 0.05) is 12.0 Å². The second kappa shape index (κ2) is 9.54. The minimum Gasteiger partial charge on any atom is -0.383 e. The molecule has 0 saturated heterocycles. The number of benzene rings is 1. The molecule has 0 saturated carbocycles. The first-order chi connectivity index (χ1) is 15.5. The van der Waals surface area contributed by atoms with Crippen molar-refractivity contribution in [2.24, 2.45) is 0 Å². The topological polar surface area (TPSA) is 110 Å². The van der Waals surface area contributed by atoms with E-state index in [2.05, 4.69) is 4.98 Å². The quantitative estimate of drug-likeness (QED) is 0.570. The summed E-state index contributed by atoms with van der Waals surface area (Å²) in [5, 5.41) is 0. The maximum absolute atomic E-state index is 13.7. The lowest BCUT2D eigenvalue weighted by molar-refractivity contribution is 0.0988. The standard InChI is InChI=1S/C23H26N4O4S/c1-31-12-11-26-20(24)19(21(28)25-23(26)30)27(14-15-7-3-2-4-8-15)22(29)18-13-16-9-5-6-10-17(16)32-18/h2-4,7-8,13H,5-6,9-12,14,24H2,1H3,(H,25,28,30). The van der Waals surface area contributed by atoms with Gasteiger partial charge in [0.2, 0.25) is 0 Å². The molecule has 168 valence electrons. The van der Waals surface area contributed by atoms with Crippen molar-refractivity contribution in [3.63, 3.8) is 0 Å². The van der Waals surface area contributed by atoms with Gasteiger partial charge in [-0.15, -0.1) is 11.3 Å². The van der Waals surface area contributed by atoms with Crippen LogP contribution in [0.2, 0.25) is 0 Å². The lowest BCUT2D eigenvalue weighted by atomic mass is 9.99. The third-order valence-electron chi connectivity index (χ3n) is 5.64. The van der Waals surface area contributed by atoms with Crippen LogP contribution in [0.25, 0.3) is 0 Å². The average Bonchev–Trinajstić information content (AvgIpc) is 3.23. The van der Waals surface area contributed by atoms with Gasteiger partial charge < -0.3 is 10.5 Å². The van der Waals surface area contributed by atoms with E-state index in [1.54, 1.807) is 0 Å². The van der Waals surface area contributed by atoms with Crippen LogP contribution in [-0.2, 0) is 30.7 Å². The summed E-state index contributed by atoms with van der Waals surface area (Å²) >= 11 is 1.48. The summed E-state index contributed by atoms with van der Waals surface area (Å²) in [6.07, 6.45) is 4.16. The van der Waals surface area contributed by atoms with E-state index in [0.29, 0.717) is 4.88 Å². The van der Waals surface area contributed by atoms with E-state index in [1.807, 2.05) is 36.4 Å². The van der Waals surface area contributed by atoms with Crippen molar-refractivity contribution >= 4 is 28.7 Å². The highest BCUT2D eigenvalue weighted by molar-refractivity contribution is 7.14. The summed E-state index contributed by atoms with van der Waals surface area (Å²) < 4.78 is 6.29. The van der Waals surface area contributed by atoms with Gasteiger partial charge in [0.15, 0.2) is 5.69 Å². The van der Waals surface area contributed by atoms with Gasteiger partial charge in [0.25, 0.3) is 11.5 Å². The van der Waals surface area contributed by atoms with Crippen LogP contribution < -0.4 is 21.9 Å². The Kier molecular flexibility index (Phi) is 6.57. The van der Waals surface area contributed by atoms with E-state index in [0.717, 1.165) is 31.2 Å². The molecule has 32 heavy (non-hydrogen) atoms. The molecule has 1 aliphatic rings. The van der Waals surface area contributed by atoms with Crippen LogP contribution in [0.5, 0.6) is 0 Å². The summed E-state index contributed by atoms with van der Waals surface area (Å²) in [7, 11) is 1.51. The second-order valence-corrected chi connectivity index (χ2v) is 8.92. The number of fused-ring (bicyclic) bond motifs is 1. The molecule has 2 aromatic heterocycles. The molecule has 0 aliphatic heterocycles. The number of hydrogen-bond acceptors (Lipinski definition) is 6. The lowest BCUT2D eigenvalue weighted by Crippen LogP contribution is -2.41. The van der Waals surface area contributed by atoms with Gasteiger partial charge in [0.05, 0.1) is 24.6 Å². The number of ether oxygens (including phenoxy) is 1. The van der Waals surface area contributed by atoms with Gasteiger partial charge in [-0.1, -0.05) is 30.3 Å². The Labute approximate surface area is 189 Å². The molecule has 1 amide bonds. The average molecular weight is 455 g/mol. The first-order valence-electron chi connectivity index (χ1n) is 10.6. The second-order valence-electron chi connectivity index (χ2n) is 7.78. The summed E-state index contributed by atoms with van der Waals surface area (Å²) in [6.45, 7) is 0.545. The van der Waals surface area contributed by atoms with E-state index >= 15 is 0 Å². The van der Waals surface area contributed by atoms with Crippen molar-refractivity contribution in [1.82, 2.24) is 9.55 Å². The predicted octanol–water partition coefficient (Wildman–Crippen LogP) is 2.55. The minimum atomic E-state index is -0.688. The number of nitrogens with one attached hydrogen (secondary N) is 1. The number of thiophene rings is 1. The van der Waals surface area contributed by atoms with Crippen molar-refractivity contribution < 1.29 is 9.53 Å². The smallest absolute Gasteiger partial charge is 0.330 e. The Hall–Kier alpha value is -3.17. The zero-order valence-electron chi connectivity index (χ0n) is 17.9. The van der Waals surface area contributed by atoms with Crippen molar-refractivity contribution in [3.05, 3.63) is 78.1 Å². The zero-order valence-corrected chi connectivity index (χ0v) is 18.7. The molecule has 9 heteroatoms. The van der Waals surface area contributed by atoms with Crippen LogP contribution >= 0.6 is 11.3 Å². The molecule has 1 aromatic carbocycles. The molecule has 3 aromatic rings. The number of aromatic nitrogens is 2. The number of rotatable bonds is 7. The van der Waals surface area contributed by atoms with Crippen LogP contribution in [0.1, 0.15) is 38.5 Å². The number of aryl methyl sites for hydroxylation is 2. The predicted molar refractivity (Wildman–Crippen MR) is 126 cm³/mol. The first kappa shape index (κ1) is 22.0. The Balaban J connectivity index is 1.81. The van der Waals surface area contributed by atoms with Gasteiger partial charge >= 0.3 is 5.69 Å². The molecule has 0 spiro atoms. The molecule has 8 nitrogen and oxygen atoms in total. The van der Waals surface area contributed by atoms with Crippen molar-refractivity contribution in [1.29, 1.82) is 0 Å². The first-order valence-corrected chi connectivity index (χ1v) is 11.4. The third kappa shape index (κ3) is 4.39. The lowest BCUT2D eigenvalue weighted by Gasteiger charge is -2.24. The Morgan fingerprint density at radius 2 is 1.97 bits per heavy atom. The fraction of sp³-hybridized carbons (Fsp3) is 0.348. The molecular formula is C23H26N4O4S. The number of nitrogens with two attached hydrogens (primary N) is 1. The maximum atomic E-state index is 13.7. The molecule has 0 fully saturated rings. The van der Waals surface area contributed by atoms with Gasteiger partial charge in [-0.25, -0.2) is 4.79 Å². The number of nitrogens with zero attached hydrogens (tertiary/aromatic N) is 2. The SMILES string of the molecule is COCCn1c(N)c(N(Cc2ccccc2)C(=O)c2cc3c(s2)CCCC3)c(=O)[nH]c1=O. The molecular weight excluding hydrogens is 428 g/mol. The largest absolute Gasteiger partial charge is 0.383 e. The summed E-state index contributed by atoms with van der Waals surface area (Å²) in [4.78, 5) is 44.4. The number of nitrogen functional groups attached to an aromatic ring is 1. The fourth-order valence-corrected chi connectivity index (χ4v) is 5.19. The summed E-state index contributed by atoms with van der Waals surface area (Å²) in [5.41, 5.74) is 6.99. The molecule has 0 radical (unpaired) electrons. The van der Waals surface area contributed by atoms with Crippen LogP contribution in [-0.4, -0.2) is 29.2 Å². The normalized spacial score (nSPS) is 13.0. The van der Waals surface area contributed by atoms with E-state index < -0.39 is 11.2 Å². The Morgan fingerprint density at radius 1 is 1.22 bits per heavy atom. The maximum Gasteiger partial charge on any atom is 0.330 e. The van der Waals surface area contributed by atoms with Gasteiger partial charge in [-0.05, 0) is 42.9 Å². The Bertz CT molecular complexity index is 1210. The van der Waals surface area contributed by atoms with E-state index in [-0.39, 0.29) is 37.1 Å². The monoisotopic (exact) mass is 454 g/mol. The third-order valence-corrected chi connectivity index (χ3v) is 6.86. The number of carbonyl (C=O) groups excluding carboxylic acids is 1. The van der Waals surface area contributed by atoms with Gasteiger partial charge in [0.1, 0.15) is 5.82 Å². The molecule has 0 atom stereocenters. The minimum absolute atomic E-state index is 0.0269. The van der Waals surface area contributed by atoms with Crippen molar-refractivity contribution in [2.75, 3.05) is 24.4 Å². The van der Waals surface area contributed by atoms with E-state index in [1.165, 1.54) is 38.4 Å². The zero-order chi connectivity index (χ0) is 22.7. The molecule has 1 aliphatic carbocycles. The number of methoxy groups -OCH3 is 1. The molecule has 0 unspecified atom stereocenters. The number of H-pyrrole nitrogens is 1. The number of amides is 1. The number of aromatic amines is 1. The van der Waals surface area contributed by atoms with Crippen LogP contribution in [0.15, 0.2) is 46.0 Å². The molecule has 4 rings (SSSR count). The molecule has 3 N–H and O–H groups in total. The van der Waals surface area contributed by atoms with Gasteiger partial charge in [-0.2, -0.15) is 0 Å². The van der Waals surface area contributed by atoms with Crippen LogP contribution in [0.3, 0.4) is 0 Å².